The lowest BCUT2D eigenvalue weighted by Gasteiger charge is -2.03. The molecular formula is C21H15N3O3. The van der Waals surface area contributed by atoms with Crippen LogP contribution in [0, 0.1) is 10.1 Å². The predicted octanol–water partition coefficient (Wildman–Crippen LogP) is 5.01. The summed E-state index contributed by atoms with van der Waals surface area (Å²) in [5.41, 5.74) is 5.12. The summed E-state index contributed by atoms with van der Waals surface area (Å²) in [5.74, 6) is 0.737. The van der Waals surface area contributed by atoms with Crippen molar-refractivity contribution < 1.29 is 9.72 Å². The van der Waals surface area contributed by atoms with Crippen LogP contribution in [0.5, 0.6) is 0 Å². The number of imidazole rings is 1. The van der Waals surface area contributed by atoms with Crippen LogP contribution < -0.4 is 0 Å². The van der Waals surface area contributed by atoms with Crippen LogP contribution in [0.4, 0.5) is 5.69 Å². The van der Waals surface area contributed by atoms with Gasteiger partial charge in [-0.05, 0) is 48.4 Å². The number of nitrogens with zero attached hydrogens (tertiary/aromatic N) is 2. The maximum absolute atomic E-state index is 11.5. The van der Waals surface area contributed by atoms with Gasteiger partial charge in [0.2, 0.25) is 0 Å². The molecule has 0 aliphatic carbocycles. The number of hydrogen-bond acceptors (Lipinski definition) is 4. The molecule has 4 rings (SSSR count). The number of aromatic nitrogens is 2. The molecular weight excluding hydrogens is 342 g/mol. The number of ketones is 1. The molecule has 0 bridgehead atoms. The van der Waals surface area contributed by atoms with E-state index in [1.54, 1.807) is 24.3 Å². The molecule has 0 saturated heterocycles. The van der Waals surface area contributed by atoms with Crippen molar-refractivity contribution in [3.8, 4) is 22.5 Å². The third-order valence-corrected chi connectivity index (χ3v) is 4.46. The number of carbonyl (C=O) groups is 1. The molecule has 1 heterocycles. The molecule has 6 nitrogen and oxygen atoms in total. The average Bonchev–Trinajstić information content (AvgIpc) is 3.11. The quantitative estimate of drug-likeness (QED) is 0.316. The standard InChI is InChI=1S/C21H15N3O3/c1-13(25)17-8-11-19-20(12-17)23-21(22-19)16-4-2-14(3-5-16)15-6-9-18(10-7-15)24(26)27/h2-12H,1H3,(H,22,23). The summed E-state index contributed by atoms with van der Waals surface area (Å²) in [5, 5.41) is 10.8. The fourth-order valence-corrected chi connectivity index (χ4v) is 2.96. The SMILES string of the molecule is CC(=O)c1ccc2nc(-c3ccc(-c4ccc([N+](=O)[O-])cc4)cc3)[nH]c2c1. The number of aromatic amines is 1. The Morgan fingerprint density at radius 3 is 2.11 bits per heavy atom. The van der Waals surface area contributed by atoms with Gasteiger partial charge >= 0.3 is 0 Å². The smallest absolute Gasteiger partial charge is 0.269 e. The van der Waals surface area contributed by atoms with Gasteiger partial charge in [0.1, 0.15) is 5.82 Å². The fourth-order valence-electron chi connectivity index (χ4n) is 2.96. The zero-order valence-electron chi connectivity index (χ0n) is 14.5. The minimum Gasteiger partial charge on any atom is -0.338 e. The number of hydrogen-bond donors (Lipinski definition) is 1. The number of Topliss-reactive ketones (excluding diaryl/α,β-unsaturated/α-hetero) is 1. The largest absolute Gasteiger partial charge is 0.338 e. The highest BCUT2D eigenvalue weighted by atomic mass is 16.6. The van der Waals surface area contributed by atoms with E-state index in [1.165, 1.54) is 19.1 Å². The number of fused-ring (bicyclic) bond motifs is 1. The summed E-state index contributed by atoms with van der Waals surface area (Å²) in [6, 6.07) is 19.7. The normalized spacial score (nSPS) is 10.9. The molecule has 27 heavy (non-hydrogen) atoms. The van der Waals surface area contributed by atoms with Gasteiger partial charge in [-0.25, -0.2) is 4.98 Å². The lowest BCUT2D eigenvalue weighted by molar-refractivity contribution is -0.384. The van der Waals surface area contributed by atoms with E-state index in [4.69, 9.17) is 0 Å². The van der Waals surface area contributed by atoms with Crippen LogP contribution in [-0.4, -0.2) is 20.7 Å². The first-order chi connectivity index (χ1) is 13.0. The Labute approximate surface area is 154 Å². The number of carbonyl (C=O) groups excluding carboxylic acids is 1. The van der Waals surface area contributed by atoms with Crippen LogP contribution in [0.15, 0.2) is 66.7 Å². The van der Waals surface area contributed by atoms with Crippen LogP contribution >= 0.6 is 0 Å². The van der Waals surface area contributed by atoms with Gasteiger partial charge in [0, 0.05) is 23.3 Å². The monoisotopic (exact) mass is 357 g/mol. The Morgan fingerprint density at radius 2 is 1.52 bits per heavy atom. The molecule has 0 atom stereocenters. The Hall–Kier alpha value is -3.80. The first kappa shape index (κ1) is 16.7. The minimum atomic E-state index is -0.411. The van der Waals surface area contributed by atoms with Gasteiger partial charge in [0.15, 0.2) is 5.78 Å². The highest BCUT2D eigenvalue weighted by molar-refractivity contribution is 5.97. The van der Waals surface area contributed by atoms with Crippen molar-refractivity contribution in [3.63, 3.8) is 0 Å². The van der Waals surface area contributed by atoms with E-state index in [0.29, 0.717) is 5.56 Å². The van der Waals surface area contributed by atoms with E-state index in [0.717, 1.165) is 33.5 Å². The minimum absolute atomic E-state index is 0.0144. The van der Waals surface area contributed by atoms with E-state index in [2.05, 4.69) is 9.97 Å². The van der Waals surface area contributed by atoms with Gasteiger partial charge in [-0.15, -0.1) is 0 Å². The molecule has 0 saturated carbocycles. The second-order valence-electron chi connectivity index (χ2n) is 6.25. The van der Waals surface area contributed by atoms with Crippen LogP contribution in [0.3, 0.4) is 0 Å². The molecule has 132 valence electrons. The van der Waals surface area contributed by atoms with Crippen molar-refractivity contribution in [1.82, 2.24) is 9.97 Å². The molecule has 1 N–H and O–H groups in total. The number of nitro groups is 1. The van der Waals surface area contributed by atoms with Crippen molar-refractivity contribution in [3.05, 3.63) is 82.4 Å². The number of benzene rings is 3. The number of H-pyrrole nitrogens is 1. The van der Waals surface area contributed by atoms with E-state index >= 15 is 0 Å². The van der Waals surface area contributed by atoms with Crippen molar-refractivity contribution in [2.24, 2.45) is 0 Å². The Morgan fingerprint density at radius 1 is 0.926 bits per heavy atom. The second-order valence-corrected chi connectivity index (χ2v) is 6.25. The summed E-state index contributed by atoms with van der Waals surface area (Å²) in [7, 11) is 0. The highest BCUT2D eigenvalue weighted by Gasteiger charge is 2.09. The number of rotatable bonds is 4. The number of non-ortho nitro benzene ring substituents is 1. The summed E-state index contributed by atoms with van der Waals surface area (Å²) in [6.45, 7) is 1.54. The van der Waals surface area contributed by atoms with Gasteiger partial charge in [-0.2, -0.15) is 0 Å². The van der Waals surface area contributed by atoms with Crippen LogP contribution in [0.2, 0.25) is 0 Å². The van der Waals surface area contributed by atoms with Crippen molar-refractivity contribution in [2.45, 2.75) is 6.92 Å². The van der Waals surface area contributed by atoms with Crippen LogP contribution in [-0.2, 0) is 0 Å². The summed E-state index contributed by atoms with van der Waals surface area (Å²) >= 11 is 0. The average molecular weight is 357 g/mol. The number of nitrogens with one attached hydrogen (secondary N) is 1. The topological polar surface area (TPSA) is 88.9 Å². The predicted molar refractivity (Wildman–Crippen MR) is 104 cm³/mol. The Bertz CT molecular complexity index is 1160. The molecule has 0 aliphatic heterocycles. The maximum atomic E-state index is 11.5. The van der Waals surface area contributed by atoms with Crippen LogP contribution in [0.25, 0.3) is 33.5 Å². The van der Waals surface area contributed by atoms with Crippen molar-refractivity contribution in [1.29, 1.82) is 0 Å². The molecule has 3 aromatic carbocycles. The van der Waals surface area contributed by atoms with E-state index < -0.39 is 4.92 Å². The molecule has 0 spiro atoms. The lowest BCUT2D eigenvalue weighted by atomic mass is 10.0. The Kier molecular flexibility index (Phi) is 4.01. The van der Waals surface area contributed by atoms with Crippen molar-refractivity contribution >= 4 is 22.5 Å². The van der Waals surface area contributed by atoms with Crippen molar-refractivity contribution in [2.75, 3.05) is 0 Å². The maximum Gasteiger partial charge on any atom is 0.269 e. The third kappa shape index (κ3) is 3.20. The molecule has 6 heteroatoms. The first-order valence-corrected chi connectivity index (χ1v) is 8.37. The lowest BCUT2D eigenvalue weighted by Crippen LogP contribution is -1.90. The fraction of sp³-hybridized carbons (Fsp3) is 0.0476. The molecule has 4 aromatic rings. The van der Waals surface area contributed by atoms with E-state index in [1.807, 2.05) is 30.3 Å². The van der Waals surface area contributed by atoms with Gasteiger partial charge in [-0.1, -0.05) is 24.3 Å². The summed E-state index contributed by atoms with van der Waals surface area (Å²) in [6.07, 6.45) is 0. The number of nitro benzene ring substituents is 1. The van der Waals surface area contributed by atoms with Gasteiger partial charge in [-0.3, -0.25) is 14.9 Å². The molecule has 0 fully saturated rings. The van der Waals surface area contributed by atoms with Crippen LogP contribution in [0.1, 0.15) is 17.3 Å². The molecule has 0 unspecified atom stereocenters. The van der Waals surface area contributed by atoms with E-state index in [9.17, 15) is 14.9 Å². The summed E-state index contributed by atoms with van der Waals surface area (Å²) < 4.78 is 0. The van der Waals surface area contributed by atoms with Gasteiger partial charge in [0.25, 0.3) is 5.69 Å². The Balaban J connectivity index is 1.64. The second kappa shape index (κ2) is 6.49. The zero-order chi connectivity index (χ0) is 19.0. The highest BCUT2D eigenvalue weighted by Crippen LogP contribution is 2.26. The van der Waals surface area contributed by atoms with E-state index in [-0.39, 0.29) is 11.5 Å². The molecule has 0 radical (unpaired) electrons. The zero-order valence-corrected chi connectivity index (χ0v) is 14.5. The van der Waals surface area contributed by atoms with Gasteiger partial charge < -0.3 is 4.98 Å². The molecule has 0 aliphatic rings. The van der Waals surface area contributed by atoms with Gasteiger partial charge in [0.05, 0.1) is 16.0 Å². The molecule has 1 aromatic heterocycles. The third-order valence-electron chi connectivity index (χ3n) is 4.46. The summed E-state index contributed by atoms with van der Waals surface area (Å²) in [4.78, 5) is 29.7. The first-order valence-electron chi connectivity index (χ1n) is 8.37. The molecule has 0 amide bonds.